The van der Waals surface area contributed by atoms with Gasteiger partial charge in [-0.3, -0.25) is 4.79 Å². The van der Waals surface area contributed by atoms with E-state index in [1.807, 2.05) is 0 Å². The van der Waals surface area contributed by atoms with Gasteiger partial charge in [0.05, 0.1) is 17.4 Å². The van der Waals surface area contributed by atoms with Crippen molar-refractivity contribution in [2.75, 3.05) is 13.1 Å². The molecule has 6 nitrogen and oxygen atoms in total. The highest BCUT2D eigenvalue weighted by Crippen LogP contribution is 2.33. The van der Waals surface area contributed by atoms with E-state index in [1.165, 1.54) is 24.4 Å². The third-order valence-corrected chi connectivity index (χ3v) is 3.91. The number of benzene rings is 1. The van der Waals surface area contributed by atoms with Gasteiger partial charge < -0.3 is 10.6 Å². The number of para-hydroxylation sites is 1. The van der Waals surface area contributed by atoms with Crippen LogP contribution >= 0.6 is 0 Å². The van der Waals surface area contributed by atoms with Gasteiger partial charge in [0.25, 0.3) is 5.91 Å². The number of hydrogen-bond donors (Lipinski definition) is 1. The molecule has 2 N–H and O–H groups in total. The number of nitrogens with two attached hydrogens (primary N) is 1. The quantitative estimate of drug-likeness (QED) is 0.906. The van der Waals surface area contributed by atoms with Gasteiger partial charge in [0, 0.05) is 19.1 Å². The summed E-state index contributed by atoms with van der Waals surface area (Å²) in [5, 5.41) is 7.41. The maximum Gasteiger partial charge on any atom is 0.418 e. The van der Waals surface area contributed by atoms with Gasteiger partial charge in [-0.2, -0.15) is 13.2 Å². The van der Waals surface area contributed by atoms with E-state index in [9.17, 15) is 18.0 Å². The SMILES string of the molecule is NC1CCCN(C(=O)c2cn(-c3ccccc3C(F)(F)F)nn2)C1. The van der Waals surface area contributed by atoms with Gasteiger partial charge in [0.15, 0.2) is 5.69 Å². The van der Waals surface area contributed by atoms with Crippen LogP contribution in [0.1, 0.15) is 28.9 Å². The molecule has 1 atom stereocenters. The Labute approximate surface area is 136 Å². The lowest BCUT2D eigenvalue weighted by Crippen LogP contribution is -2.45. The molecule has 128 valence electrons. The van der Waals surface area contributed by atoms with Crippen LogP contribution in [0, 0.1) is 0 Å². The zero-order valence-corrected chi connectivity index (χ0v) is 12.7. The summed E-state index contributed by atoms with van der Waals surface area (Å²) < 4.78 is 40.2. The molecule has 0 aliphatic carbocycles. The summed E-state index contributed by atoms with van der Waals surface area (Å²) in [4.78, 5) is 14.0. The zero-order chi connectivity index (χ0) is 17.3. The Morgan fingerprint density at radius 3 is 2.75 bits per heavy atom. The van der Waals surface area contributed by atoms with Crippen molar-refractivity contribution in [1.82, 2.24) is 19.9 Å². The molecule has 1 aliphatic rings. The molecule has 1 unspecified atom stereocenters. The smallest absolute Gasteiger partial charge is 0.336 e. The van der Waals surface area contributed by atoms with Crippen LogP contribution in [-0.2, 0) is 6.18 Å². The number of carbonyl (C=O) groups excluding carboxylic acids is 1. The number of hydrogen-bond acceptors (Lipinski definition) is 4. The van der Waals surface area contributed by atoms with E-state index < -0.39 is 11.7 Å². The number of rotatable bonds is 2. The number of likely N-dealkylation sites (tertiary alicyclic amines) is 1. The minimum atomic E-state index is -4.52. The largest absolute Gasteiger partial charge is 0.418 e. The fourth-order valence-electron chi connectivity index (χ4n) is 2.75. The summed E-state index contributed by atoms with van der Waals surface area (Å²) in [6.45, 7) is 0.962. The average molecular weight is 339 g/mol. The molecular weight excluding hydrogens is 323 g/mol. The molecule has 0 saturated carbocycles. The van der Waals surface area contributed by atoms with E-state index in [2.05, 4.69) is 10.3 Å². The number of halogens is 3. The molecule has 2 heterocycles. The van der Waals surface area contributed by atoms with Crippen molar-refractivity contribution in [2.45, 2.75) is 25.1 Å². The van der Waals surface area contributed by atoms with E-state index in [1.54, 1.807) is 4.90 Å². The van der Waals surface area contributed by atoms with Gasteiger partial charge in [0.1, 0.15) is 0 Å². The number of piperidine rings is 1. The molecule has 3 rings (SSSR count). The van der Waals surface area contributed by atoms with Crippen LogP contribution in [0.4, 0.5) is 13.2 Å². The molecule has 1 aromatic carbocycles. The molecule has 1 aliphatic heterocycles. The van der Waals surface area contributed by atoms with Crippen LogP contribution in [0.2, 0.25) is 0 Å². The molecule has 0 radical (unpaired) electrons. The van der Waals surface area contributed by atoms with Crippen molar-refractivity contribution in [2.24, 2.45) is 5.73 Å². The van der Waals surface area contributed by atoms with E-state index in [0.717, 1.165) is 23.6 Å². The lowest BCUT2D eigenvalue weighted by molar-refractivity contribution is -0.137. The number of aromatic nitrogens is 3. The summed E-state index contributed by atoms with van der Waals surface area (Å²) in [5.74, 6) is -0.374. The number of amides is 1. The van der Waals surface area contributed by atoms with Crippen molar-refractivity contribution in [3.8, 4) is 5.69 Å². The first-order chi connectivity index (χ1) is 11.4. The topological polar surface area (TPSA) is 77.0 Å². The molecular formula is C15H16F3N5O. The highest BCUT2D eigenvalue weighted by Gasteiger charge is 2.34. The Morgan fingerprint density at radius 2 is 2.04 bits per heavy atom. The zero-order valence-electron chi connectivity index (χ0n) is 12.7. The Hall–Kier alpha value is -2.42. The molecule has 0 spiro atoms. The molecule has 24 heavy (non-hydrogen) atoms. The van der Waals surface area contributed by atoms with Crippen molar-refractivity contribution in [3.63, 3.8) is 0 Å². The number of carbonyl (C=O) groups is 1. The predicted molar refractivity (Wildman–Crippen MR) is 79.5 cm³/mol. The average Bonchev–Trinajstić information content (AvgIpc) is 3.03. The van der Waals surface area contributed by atoms with Crippen LogP contribution in [-0.4, -0.2) is 44.9 Å². The van der Waals surface area contributed by atoms with Gasteiger partial charge in [-0.15, -0.1) is 5.10 Å². The van der Waals surface area contributed by atoms with Crippen molar-refractivity contribution < 1.29 is 18.0 Å². The molecule has 2 aromatic rings. The Kier molecular flexibility index (Phi) is 4.27. The van der Waals surface area contributed by atoms with E-state index in [-0.39, 0.29) is 23.3 Å². The lowest BCUT2D eigenvalue weighted by Gasteiger charge is -2.30. The Morgan fingerprint density at radius 1 is 1.29 bits per heavy atom. The first kappa shape index (κ1) is 16.4. The summed E-state index contributed by atoms with van der Waals surface area (Å²) in [7, 11) is 0. The fourth-order valence-corrected chi connectivity index (χ4v) is 2.75. The summed E-state index contributed by atoms with van der Waals surface area (Å²) in [6.07, 6.45) is -1.67. The van der Waals surface area contributed by atoms with Gasteiger partial charge in [-0.25, -0.2) is 4.68 Å². The van der Waals surface area contributed by atoms with Crippen LogP contribution in [0.15, 0.2) is 30.5 Å². The minimum absolute atomic E-state index is 0.000998. The van der Waals surface area contributed by atoms with Crippen LogP contribution < -0.4 is 5.73 Å². The Balaban J connectivity index is 1.88. The van der Waals surface area contributed by atoms with Gasteiger partial charge in [-0.05, 0) is 25.0 Å². The third kappa shape index (κ3) is 3.25. The predicted octanol–water partition coefficient (Wildman–Crippen LogP) is 1.85. The maximum atomic E-state index is 13.1. The molecule has 1 amide bonds. The van der Waals surface area contributed by atoms with Gasteiger partial charge in [0.2, 0.25) is 0 Å². The van der Waals surface area contributed by atoms with Crippen molar-refractivity contribution >= 4 is 5.91 Å². The molecule has 1 aromatic heterocycles. The van der Waals surface area contributed by atoms with E-state index >= 15 is 0 Å². The first-order valence-electron chi connectivity index (χ1n) is 7.50. The van der Waals surface area contributed by atoms with E-state index in [4.69, 9.17) is 5.73 Å². The summed E-state index contributed by atoms with van der Waals surface area (Å²) in [5.41, 5.74) is 4.83. The number of alkyl halides is 3. The maximum absolute atomic E-state index is 13.1. The standard InChI is InChI=1S/C15H16F3N5O/c16-15(17,18)11-5-1-2-6-13(11)23-9-12(20-21-23)14(24)22-7-3-4-10(19)8-22/h1-2,5-6,9-10H,3-4,7-8,19H2. The van der Waals surface area contributed by atoms with Crippen LogP contribution in [0.5, 0.6) is 0 Å². The third-order valence-electron chi connectivity index (χ3n) is 3.91. The monoisotopic (exact) mass is 339 g/mol. The fraction of sp³-hybridized carbons (Fsp3) is 0.400. The molecule has 9 heteroatoms. The second-order valence-corrected chi connectivity index (χ2v) is 5.72. The summed E-state index contributed by atoms with van der Waals surface area (Å²) in [6, 6.07) is 4.91. The highest BCUT2D eigenvalue weighted by molar-refractivity contribution is 5.92. The van der Waals surface area contributed by atoms with Crippen LogP contribution in [0.3, 0.4) is 0 Å². The normalized spacial score (nSPS) is 18.7. The number of nitrogens with zero attached hydrogens (tertiary/aromatic N) is 4. The molecule has 0 bridgehead atoms. The second kappa shape index (κ2) is 6.23. The second-order valence-electron chi connectivity index (χ2n) is 5.72. The minimum Gasteiger partial charge on any atom is -0.336 e. The van der Waals surface area contributed by atoms with Gasteiger partial charge >= 0.3 is 6.18 Å². The van der Waals surface area contributed by atoms with Crippen LogP contribution in [0.25, 0.3) is 5.69 Å². The van der Waals surface area contributed by atoms with Crippen molar-refractivity contribution in [3.05, 3.63) is 41.7 Å². The molecule has 1 saturated heterocycles. The molecule has 1 fully saturated rings. The highest BCUT2D eigenvalue weighted by atomic mass is 19.4. The summed E-state index contributed by atoms with van der Waals surface area (Å²) >= 11 is 0. The van der Waals surface area contributed by atoms with E-state index in [0.29, 0.717) is 13.1 Å². The lowest BCUT2D eigenvalue weighted by atomic mass is 10.1. The van der Waals surface area contributed by atoms with Gasteiger partial charge in [-0.1, -0.05) is 17.3 Å². The first-order valence-corrected chi connectivity index (χ1v) is 7.50. The Bertz CT molecular complexity index is 743. The van der Waals surface area contributed by atoms with Crippen molar-refractivity contribution in [1.29, 1.82) is 0 Å².